The largest absolute Gasteiger partial charge is 0.333 e. The first-order valence-corrected chi connectivity index (χ1v) is 9.88. The number of fused-ring (bicyclic) bond motifs is 1. The Morgan fingerprint density at radius 2 is 1.88 bits per heavy atom. The standard InChI is InChI=1S/C19H16N4OS2/c1-12(26-19-20-14-9-5-6-10-15(14)21-19)17(24)23-18-22-16(11-25-18)13-7-3-2-4-8-13/h2-12H,1H3,(H,20,21)(H,22,23,24). The molecule has 5 nitrogen and oxygen atoms in total. The molecule has 2 aromatic carbocycles. The van der Waals surface area contributed by atoms with Crippen LogP contribution in [-0.2, 0) is 4.79 Å². The molecule has 2 N–H and O–H groups in total. The zero-order valence-corrected chi connectivity index (χ0v) is 15.6. The lowest BCUT2D eigenvalue weighted by atomic mass is 10.2. The van der Waals surface area contributed by atoms with E-state index in [-0.39, 0.29) is 11.2 Å². The number of aromatic amines is 1. The third-order valence-electron chi connectivity index (χ3n) is 3.83. The molecule has 4 aromatic rings. The number of carbonyl (C=O) groups excluding carboxylic acids is 1. The van der Waals surface area contributed by atoms with Crippen molar-refractivity contribution in [1.29, 1.82) is 0 Å². The Hall–Kier alpha value is -2.64. The topological polar surface area (TPSA) is 70.7 Å². The Morgan fingerprint density at radius 1 is 1.12 bits per heavy atom. The summed E-state index contributed by atoms with van der Waals surface area (Å²) in [6, 6.07) is 17.7. The van der Waals surface area contributed by atoms with E-state index >= 15 is 0 Å². The van der Waals surface area contributed by atoms with Crippen LogP contribution in [0.3, 0.4) is 0 Å². The molecule has 0 spiro atoms. The Kier molecular flexibility index (Phi) is 4.73. The van der Waals surface area contributed by atoms with Crippen LogP contribution in [-0.4, -0.2) is 26.1 Å². The fourth-order valence-corrected chi connectivity index (χ4v) is 4.03. The molecule has 1 atom stereocenters. The van der Waals surface area contributed by atoms with Crippen molar-refractivity contribution in [2.24, 2.45) is 0 Å². The van der Waals surface area contributed by atoms with Gasteiger partial charge in [0.15, 0.2) is 10.3 Å². The maximum atomic E-state index is 12.5. The Balaban J connectivity index is 1.42. The van der Waals surface area contributed by atoms with E-state index < -0.39 is 0 Å². The minimum atomic E-state index is -0.292. The first-order valence-electron chi connectivity index (χ1n) is 8.12. The second-order valence-electron chi connectivity index (χ2n) is 5.71. The highest BCUT2D eigenvalue weighted by atomic mass is 32.2. The van der Waals surface area contributed by atoms with E-state index in [1.54, 1.807) is 0 Å². The zero-order valence-electron chi connectivity index (χ0n) is 14.0. The molecule has 1 unspecified atom stereocenters. The number of anilines is 1. The van der Waals surface area contributed by atoms with Crippen LogP contribution in [0.15, 0.2) is 65.1 Å². The highest BCUT2D eigenvalue weighted by Crippen LogP contribution is 2.27. The number of rotatable bonds is 5. The van der Waals surface area contributed by atoms with Gasteiger partial charge in [0.05, 0.1) is 22.0 Å². The lowest BCUT2D eigenvalue weighted by Gasteiger charge is -2.08. The number of H-pyrrole nitrogens is 1. The number of thioether (sulfide) groups is 1. The van der Waals surface area contributed by atoms with Gasteiger partial charge >= 0.3 is 0 Å². The predicted octanol–water partition coefficient (Wildman–Crippen LogP) is 4.81. The first kappa shape index (κ1) is 16.8. The van der Waals surface area contributed by atoms with Crippen LogP contribution < -0.4 is 5.32 Å². The molecule has 26 heavy (non-hydrogen) atoms. The molecule has 0 aliphatic carbocycles. The van der Waals surface area contributed by atoms with Crippen molar-refractivity contribution in [2.45, 2.75) is 17.3 Å². The minimum absolute atomic E-state index is 0.0931. The van der Waals surface area contributed by atoms with Gasteiger partial charge in [0.1, 0.15) is 0 Å². The number of aromatic nitrogens is 3. The number of nitrogens with one attached hydrogen (secondary N) is 2. The van der Waals surface area contributed by atoms with Crippen LogP contribution in [0.2, 0.25) is 0 Å². The normalized spacial score (nSPS) is 12.2. The van der Waals surface area contributed by atoms with Gasteiger partial charge in [0.25, 0.3) is 0 Å². The molecule has 130 valence electrons. The summed E-state index contributed by atoms with van der Waals surface area (Å²) in [4.78, 5) is 24.7. The number of nitrogens with zero attached hydrogens (tertiary/aromatic N) is 2. The second-order valence-corrected chi connectivity index (χ2v) is 7.90. The van der Waals surface area contributed by atoms with Crippen molar-refractivity contribution in [3.63, 3.8) is 0 Å². The molecule has 0 radical (unpaired) electrons. The van der Waals surface area contributed by atoms with Crippen molar-refractivity contribution in [3.05, 3.63) is 60.0 Å². The monoisotopic (exact) mass is 380 g/mol. The van der Waals surface area contributed by atoms with E-state index in [1.165, 1.54) is 23.1 Å². The highest BCUT2D eigenvalue weighted by Gasteiger charge is 2.18. The summed E-state index contributed by atoms with van der Waals surface area (Å²) >= 11 is 2.82. The number of para-hydroxylation sites is 2. The Labute approximate surface area is 158 Å². The van der Waals surface area contributed by atoms with Gasteiger partial charge in [-0.2, -0.15) is 0 Å². The van der Waals surface area contributed by atoms with E-state index in [0.717, 1.165) is 27.4 Å². The third kappa shape index (κ3) is 3.63. The molecule has 0 fully saturated rings. The number of hydrogen-bond acceptors (Lipinski definition) is 5. The Bertz CT molecular complexity index is 1010. The average molecular weight is 380 g/mol. The molecule has 2 aromatic heterocycles. The number of imidazole rings is 1. The van der Waals surface area contributed by atoms with E-state index in [4.69, 9.17) is 0 Å². The fraction of sp³-hybridized carbons (Fsp3) is 0.105. The van der Waals surface area contributed by atoms with Crippen LogP contribution in [0, 0.1) is 0 Å². The molecule has 0 saturated heterocycles. The summed E-state index contributed by atoms with van der Waals surface area (Å²) < 4.78 is 0. The molecule has 4 rings (SSSR count). The molecule has 1 amide bonds. The van der Waals surface area contributed by atoms with E-state index in [2.05, 4.69) is 20.3 Å². The molecule has 0 aliphatic rings. The zero-order chi connectivity index (χ0) is 17.9. The van der Waals surface area contributed by atoms with E-state index in [9.17, 15) is 4.79 Å². The summed E-state index contributed by atoms with van der Waals surface area (Å²) in [5, 5.41) is 5.88. The van der Waals surface area contributed by atoms with Gasteiger partial charge in [0, 0.05) is 10.9 Å². The SMILES string of the molecule is CC(Sc1nc2ccccc2[nH]1)C(=O)Nc1nc(-c2ccccc2)cs1. The van der Waals surface area contributed by atoms with Crippen LogP contribution >= 0.6 is 23.1 Å². The number of carbonyl (C=O) groups is 1. The van der Waals surface area contributed by atoms with Gasteiger partial charge < -0.3 is 10.3 Å². The molecule has 0 saturated carbocycles. The summed E-state index contributed by atoms with van der Waals surface area (Å²) in [6.07, 6.45) is 0. The van der Waals surface area contributed by atoms with Crippen LogP contribution in [0.4, 0.5) is 5.13 Å². The maximum absolute atomic E-state index is 12.5. The number of benzene rings is 2. The highest BCUT2D eigenvalue weighted by molar-refractivity contribution is 8.00. The van der Waals surface area contributed by atoms with E-state index in [0.29, 0.717) is 5.13 Å². The maximum Gasteiger partial charge on any atom is 0.239 e. The number of hydrogen-bond donors (Lipinski definition) is 2. The van der Waals surface area contributed by atoms with Gasteiger partial charge in [-0.05, 0) is 19.1 Å². The minimum Gasteiger partial charge on any atom is -0.333 e. The third-order valence-corrected chi connectivity index (χ3v) is 5.57. The number of amides is 1. The molecule has 2 heterocycles. The molecule has 0 bridgehead atoms. The number of thiazole rings is 1. The molecule has 7 heteroatoms. The average Bonchev–Trinajstić information content (AvgIpc) is 3.28. The van der Waals surface area contributed by atoms with Gasteiger partial charge in [-0.15, -0.1) is 11.3 Å². The van der Waals surface area contributed by atoms with Crippen molar-refractivity contribution in [3.8, 4) is 11.3 Å². The fourth-order valence-electron chi connectivity index (χ4n) is 2.49. The van der Waals surface area contributed by atoms with E-state index in [1.807, 2.05) is 66.9 Å². The summed E-state index contributed by atoms with van der Waals surface area (Å²) in [7, 11) is 0. The van der Waals surface area contributed by atoms with Crippen molar-refractivity contribution < 1.29 is 4.79 Å². The summed E-state index contributed by atoms with van der Waals surface area (Å²) in [5.41, 5.74) is 3.77. The van der Waals surface area contributed by atoms with Crippen LogP contribution in [0.5, 0.6) is 0 Å². The first-order chi connectivity index (χ1) is 12.7. The van der Waals surface area contributed by atoms with Gasteiger partial charge in [0.2, 0.25) is 5.91 Å². The van der Waals surface area contributed by atoms with Crippen molar-refractivity contribution >= 4 is 45.2 Å². The summed E-state index contributed by atoms with van der Waals surface area (Å²) in [5.74, 6) is -0.0931. The van der Waals surface area contributed by atoms with Crippen LogP contribution in [0.1, 0.15) is 6.92 Å². The Morgan fingerprint density at radius 3 is 2.69 bits per heavy atom. The summed E-state index contributed by atoms with van der Waals surface area (Å²) in [6.45, 7) is 1.86. The van der Waals surface area contributed by atoms with Crippen LogP contribution in [0.25, 0.3) is 22.3 Å². The van der Waals surface area contributed by atoms with Gasteiger partial charge in [-0.3, -0.25) is 4.79 Å². The predicted molar refractivity (Wildman–Crippen MR) is 108 cm³/mol. The van der Waals surface area contributed by atoms with Crippen molar-refractivity contribution in [1.82, 2.24) is 15.0 Å². The molecular formula is C19H16N4OS2. The quantitative estimate of drug-likeness (QED) is 0.488. The second kappa shape index (κ2) is 7.31. The van der Waals surface area contributed by atoms with Gasteiger partial charge in [-0.1, -0.05) is 54.2 Å². The smallest absolute Gasteiger partial charge is 0.239 e. The lowest BCUT2D eigenvalue weighted by Crippen LogP contribution is -2.22. The molecular weight excluding hydrogens is 364 g/mol. The van der Waals surface area contributed by atoms with Gasteiger partial charge in [-0.25, -0.2) is 9.97 Å². The molecule has 0 aliphatic heterocycles. The lowest BCUT2D eigenvalue weighted by molar-refractivity contribution is -0.115. The van der Waals surface area contributed by atoms with Crippen molar-refractivity contribution in [2.75, 3.05) is 5.32 Å².